The lowest BCUT2D eigenvalue weighted by molar-refractivity contribution is -0.138. The summed E-state index contributed by atoms with van der Waals surface area (Å²) in [6, 6.07) is 29.1. The normalized spacial score (nSPS) is 16.9. The fourth-order valence-corrected chi connectivity index (χ4v) is 6.32. The maximum atomic E-state index is 13.5. The molecule has 6 rings (SSSR count). The maximum Gasteiger partial charge on any atom is 0.405 e. The Morgan fingerprint density at radius 1 is 0.889 bits per heavy atom. The monoisotopic (exact) mass is 613 g/mol. The van der Waals surface area contributed by atoms with Gasteiger partial charge >= 0.3 is 6.18 Å². The molecule has 0 spiro atoms. The van der Waals surface area contributed by atoms with Crippen molar-refractivity contribution in [3.05, 3.63) is 119 Å². The van der Waals surface area contributed by atoms with Gasteiger partial charge in [-0.3, -0.25) is 14.5 Å². The predicted octanol–water partition coefficient (Wildman–Crippen LogP) is 7.23. The van der Waals surface area contributed by atoms with Gasteiger partial charge in [-0.1, -0.05) is 72.8 Å². The summed E-state index contributed by atoms with van der Waals surface area (Å²) in [5.41, 5.74) is 4.43. The Labute approximate surface area is 260 Å². The minimum absolute atomic E-state index is 0.160. The molecule has 2 aliphatic rings. The Morgan fingerprint density at radius 2 is 1.58 bits per heavy atom. The highest BCUT2D eigenvalue weighted by molar-refractivity contribution is 5.98. The van der Waals surface area contributed by atoms with Crippen LogP contribution >= 0.6 is 0 Å². The van der Waals surface area contributed by atoms with E-state index >= 15 is 0 Å². The molecule has 1 heterocycles. The molecule has 3 unspecified atom stereocenters. The highest BCUT2D eigenvalue weighted by atomic mass is 19.4. The zero-order valence-corrected chi connectivity index (χ0v) is 24.8. The van der Waals surface area contributed by atoms with Crippen molar-refractivity contribution in [1.29, 1.82) is 0 Å². The molecule has 45 heavy (non-hydrogen) atoms. The van der Waals surface area contributed by atoms with Gasteiger partial charge in [-0.25, -0.2) is 0 Å². The lowest BCUT2D eigenvalue weighted by Crippen LogP contribution is -2.44. The zero-order chi connectivity index (χ0) is 31.6. The summed E-state index contributed by atoms with van der Waals surface area (Å²) < 4.78 is 45.3. The molecule has 6 nitrogen and oxygen atoms in total. The first-order valence-electron chi connectivity index (χ1n) is 15.1. The van der Waals surface area contributed by atoms with E-state index in [1.165, 1.54) is 0 Å². The van der Waals surface area contributed by atoms with Gasteiger partial charge in [-0.15, -0.1) is 0 Å². The summed E-state index contributed by atoms with van der Waals surface area (Å²) in [6.45, 7) is 2.24. The van der Waals surface area contributed by atoms with Gasteiger partial charge in [0.1, 0.15) is 18.0 Å². The molecule has 3 atom stereocenters. The number of amides is 2. The first kappa shape index (κ1) is 30.4. The van der Waals surface area contributed by atoms with Crippen LogP contribution in [0.3, 0.4) is 0 Å². The van der Waals surface area contributed by atoms with E-state index in [0.717, 1.165) is 41.8 Å². The molecule has 1 fully saturated rings. The smallest absolute Gasteiger partial charge is 0.405 e. The number of hydrogen-bond donors (Lipinski definition) is 2. The van der Waals surface area contributed by atoms with Crippen LogP contribution in [-0.4, -0.2) is 48.6 Å². The highest BCUT2D eigenvalue weighted by Crippen LogP contribution is 2.49. The lowest BCUT2D eigenvalue weighted by Gasteiger charge is -2.41. The second-order valence-electron chi connectivity index (χ2n) is 11.6. The minimum atomic E-state index is -4.52. The second-order valence-corrected chi connectivity index (χ2v) is 11.6. The van der Waals surface area contributed by atoms with E-state index in [-0.39, 0.29) is 18.0 Å². The Bertz CT molecular complexity index is 1690. The number of ether oxygens (including phenoxy) is 1. The van der Waals surface area contributed by atoms with Gasteiger partial charge in [0, 0.05) is 12.1 Å². The van der Waals surface area contributed by atoms with Crippen molar-refractivity contribution >= 4 is 11.8 Å². The van der Waals surface area contributed by atoms with Crippen LogP contribution in [0, 0.1) is 0 Å². The number of alkyl halides is 3. The van der Waals surface area contributed by atoms with E-state index in [1.807, 2.05) is 79.7 Å². The Balaban J connectivity index is 1.27. The van der Waals surface area contributed by atoms with Gasteiger partial charge in [-0.05, 0) is 84.9 Å². The second kappa shape index (κ2) is 12.8. The number of carbonyl (C=O) groups is 2. The maximum absolute atomic E-state index is 13.5. The summed E-state index contributed by atoms with van der Waals surface area (Å²) >= 11 is 0. The molecular formula is C36H34F3N3O3. The standard InChI is InChI=1S/C36H34F3N3O3/c1-23(41-34(43)29-15-7-8-18-31(29)45-24-11-3-2-4-12-24)21-30(42-19-10-20-42)28-17-9-16-26-25-13-5-6-14-27(25)33(32(26)28)35(44)40-22-36(37,38)39/h2-9,11-18,23,30,33H,10,19-22H2,1H3,(H,40,44)(H,41,43). The van der Waals surface area contributed by atoms with Gasteiger partial charge in [0.2, 0.25) is 5.91 Å². The summed E-state index contributed by atoms with van der Waals surface area (Å²) in [4.78, 5) is 29.3. The van der Waals surface area contributed by atoms with Crippen molar-refractivity contribution < 1.29 is 27.5 Å². The third-order valence-electron chi connectivity index (χ3n) is 8.46. The molecule has 4 aromatic rings. The molecule has 1 saturated heterocycles. The van der Waals surface area contributed by atoms with E-state index in [2.05, 4.69) is 15.5 Å². The third kappa shape index (κ3) is 6.59. The molecule has 1 aliphatic carbocycles. The molecular weight excluding hydrogens is 579 g/mol. The van der Waals surface area contributed by atoms with Crippen molar-refractivity contribution in [3.63, 3.8) is 0 Å². The quantitative estimate of drug-likeness (QED) is 0.198. The summed E-state index contributed by atoms with van der Waals surface area (Å²) in [6.07, 6.45) is -2.96. The number of likely N-dealkylation sites (tertiary alicyclic amines) is 1. The van der Waals surface area contributed by atoms with Gasteiger partial charge in [0.15, 0.2) is 0 Å². The number of carbonyl (C=O) groups excluding carboxylic acids is 2. The highest BCUT2D eigenvalue weighted by Gasteiger charge is 2.40. The van der Waals surface area contributed by atoms with E-state index < -0.39 is 24.5 Å². The molecule has 9 heteroatoms. The SMILES string of the molecule is CC(CC(c1cccc2c1C(C(=O)NCC(F)(F)F)c1ccccc1-2)N1CCC1)NC(=O)c1ccccc1Oc1ccccc1. The van der Waals surface area contributed by atoms with Gasteiger partial charge in [-0.2, -0.15) is 13.2 Å². The number of rotatable bonds is 10. The lowest BCUT2D eigenvalue weighted by atomic mass is 9.85. The molecule has 4 aromatic carbocycles. The topological polar surface area (TPSA) is 70.7 Å². The third-order valence-corrected chi connectivity index (χ3v) is 8.46. The minimum Gasteiger partial charge on any atom is -0.457 e. The van der Waals surface area contributed by atoms with Gasteiger partial charge in [0.05, 0.1) is 11.5 Å². The number of nitrogens with one attached hydrogen (secondary N) is 2. The zero-order valence-electron chi connectivity index (χ0n) is 24.8. The Kier molecular flexibility index (Phi) is 8.63. The van der Waals surface area contributed by atoms with Crippen molar-refractivity contribution in [3.8, 4) is 22.6 Å². The Morgan fingerprint density at radius 3 is 2.31 bits per heavy atom. The molecule has 0 aromatic heterocycles. The first-order chi connectivity index (χ1) is 21.7. The van der Waals surface area contributed by atoms with Crippen LogP contribution in [0.5, 0.6) is 11.5 Å². The van der Waals surface area contributed by atoms with Crippen LogP contribution in [0.4, 0.5) is 13.2 Å². The van der Waals surface area contributed by atoms with Crippen LogP contribution in [0.15, 0.2) is 97.1 Å². The summed E-state index contributed by atoms with van der Waals surface area (Å²) in [5.74, 6) is -0.753. The van der Waals surface area contributed by atoms with Gasteiger partial charge < -0.3 is 15.4 Å². The largest absolute Gasteiger partial charge is 0.457 e. The number of fused-ring (bicyclic) bond motifs is 3. The molecule has 232 valence electrons. The summed E-state index contributed by atoms with van der Waals surface area (Å²) in [5, 5.41) is 5.26. The van der Waals surface area contributed by atoms with Crippen LogP contribution < -0.4 is 15.4 Å². The van der Waals surface area contributed by atoms with Crippen molar-refractivity contribution in [2.75, 3.05) is 19.6 Å². The Hall–Kier alpha value is -4.63. The van der Waals surface area contributed by atoms with Crippen LogP contribution in [-0.2, 0) is 4.79 Å². The van der Waals surface area contributed by atoms with Crippen molar-refractivity contribution in [1.82, 2.24) is 15.5 Å². The van der Waals surface area contributed by atoms with Crippen LogP contribution in [0.1, 0.15) is 58.8 Å². The van der Waals surface area contributed by atoms with Gasteiger partial charge in [0.25, 0.3) is 5.91 Å². The van der Waals surface area contributed by atoms with E-state index in [9.17, 15) is 22.8 Å². The number of benzene rings is 4. The van der Waals surface area contributed by atoms with E-state index in [4.69, 9.17) is 4.74 Å². The number of nitrogens with zero attached hydrogens (tertiary/aromatic N) is 1. The number of para-hydroxylation sites is 2. The fourth-order valence-electron chi connectivity index (χ4n) is 6.32. The van der Waals surface area contributed by atoms with Crippen LogP contribution in [0.2, 0.25) is 0 Å². The van der Waals surface area contributed by atoms with E-state index in [1.54, 1.807) is 24.3 Å². The first-order valence-corrected chi connectivity index (χ1v) is 15.1. The average Bonchev–Trinajstić information content (AvgIpc) is 3.34. The van der Waals surface area contributed by atoms with Crippen molar-refractivity contribution in [2.45, 2.75) is 43.9 Å². The van der Waals surface area contributed by atoms with Crippen LogP contribution in [0.25, 0.3) is 11.1 Å². The molecule has 1 aliphatic heterocycles. The number of hydrogen-bond acceptors (Lipinski definition) is 4. The molecule has 2 N–H and O–H groups in total. The predicted molar refractivity (Wildman–Crippen MR) is 166 cm³/mol. The number of halogens is 3. The molecule has 0 radical (unpaired) electrons. The van der Waals surface area contributed by atoms with Crippen molar-refractivity contribution in [2.24, 2.45) is 0 Å². The fraction of sp³-hybridized carbons (Fsp3) is 0.278. The summed E-state index contributed by atoms with van der Waals surface area (Å²) in [7, 11) is 0. The molecule has 0 bridgehead atoms. The van der Waals surface area contributed by atoms with E-state index in [0.29, 0.717) is 29.0 Å². The molecule has 0 saturated carbocycles. The molecule has 2 amide bonds. The average molecular weight is 614 g/mol.